The average Bonchev–Trinajstić information content (AvgIpc) is 2.35. The van der Waals surface area contributed by atoms with Gasteiger partial charge in [0.15, 0.2) is 5.75 Å². The van der Waals surface area contributed by atoms with Crippen molar-refractivity contribution in [2.24, 2.45) is 5.92 Å². The highest BCUT2D eigenvalue weighted by Crippen LogP contribution is 2.30. The number of esters is 1. The Morgan fingerprint density at radius 1 is 1.42 bits per heavy atom. The van der Waals surface area contributed by atoms with Crippen LogP contribution in [0.1, 0.15) is 43.0 Å². The molecule has 1 saturated carbocycles. The summed E-state index contributed by atoms with van der Waals surface area (Å²) in [5.41, 5.74) is 6.70. The number of hydrogen-bond acceptors (Lipinski definition) is 4. The van der Waals surface area contributed by atoms with E-state index in [-0.39, 0.29) is 5.97 Å². The fraction of sp³-hybridized carbons (Fsp3) is 0.533. The minimum atomic E-state index is -0.352. The van der Waals surface area contributed by atoms with Crippen molar-refractivity contribution in [1.29, 1.82) is 0 Å². The van der Waals surface area contributed by atoms with Crippen LogP contribution < -0.4 is 10.5 Å². The van der Waals surface area contributed by atoms with Gasteiger partial charge in [0.1, 0.15) is 5.56 Å². The third-order valence-corrected chi connectivity index (χ3v) is 3.54. The van der Waals surface area contributed by atoms with E-state index >= 15 is 0 Å². The van der Waals surface area contributed by atoms with E-state index in [1.807, 2.05) is 6.92 Å². The highest BCUT2D eigenvalue weighted by atomic mass is 16.5. The number of carbonyl (C=O) groups is 1. The highest BCUT2D eigenvalue weighted by molar-refractivity contribution is 5.94. The van der Waals surface area contributed by atoms with Crippen molar-refractivity contribution >= 4 is 11.7 Å². The smallest absolute Gasteiger partial charge is 0.342 e. The standard InChI is InChI=1S/C15H21NO3/c1-2-18-14-12(7-4-8-13(14)16)15(17)19-10-9-11-5-3-6-11/h4,7-8,11H,2-3,5-6,9-10,16H2,1H3. The van der Waals surface area contributed by atoms with Gasteiger partial charge in [-0.05, 0) is 31.4 Å². The van der Waals surface area contributed by atoms with Crippen LogP contribution >= 0.6 is 0 Å². The van der Waals surface area contributed by atoms with Crippen LogP contribution in [0.15, 0.2) is 18.2 Å². The van der Waals surface area contributed by atoms with Crippen LogP contribution in [-0.2, 0) is 4.74 Å². The van der Waals surface area contributed by atoms with Crippen LogP contribution in [0, 0.1) is 5.92 Å². The first-order valence-electron chi connectivity index (χ1n) is 6.90. The number of anilines is 1. The molecule has 1 aromatic carbocycles. The molecule has 4 nitrogen and oxygen atoms in total. The molecule has 1 aliphatic carbocycles. The summed E-state index contributed by atoms with van der Waals surface area (Å²) in [6, 6.07) is 5.14. The van der Waals surface area contributed by atoms with Crippen molar-refractivity contribution in [2.75, 3.05) is 18.9 Å². The first kappa shape index (κ1) is 13.7. The Morgan fingerprint density at radius 3 is 2.84 bits per heavy atom. The molecule has 0 saturated heterocycles. The molecule has 0 atom stereocenters. The summed E-state index contributed by atoms with van der Waals surface area (Å²) >= 11 is 0. The molecule has 1 aromatic rings. The zero-order valence-corrected chi connectivity index (χ0v) is 11.4. The first-order chi connectivity index (χ1) is 9.22. The molecule has 0 unspecified atom stereocenters. The van der Waals surface area contributed by atoms with Crippen molar-refractivity contribution < 1.29 is 14.3 Å². The normalized spacial score (nSPS) is 14.8. The van der Waals surface area contributed by atoms with Crippen molar-refractivity contribution in [2.45, 2.75) is 32.6 Å². The molecule has 1 aliphatic rings. The van der Waals surface area contributed by atoms with Gasteiger partial charge in [0.25, 0.3) is 0 Å². The lowest BCUT2D eigenvalue weighted by Crippen LogP contribution is -2.16. The summed E-state index contributed by atoms with van der Waals surface area (Å²) in [4.78, 5) is 12.0. The fourth-order valence-corrected chi connectivity index (χ4v) is 2.20. The predicted molar refractivity (Wildman–Crippen MR) is 74.3 cm³/mol. The minimum Gasteiger partial charge on any atom is -0.491 e. The summed E-state index contributed by atoms with van der Waals surface area (Å²) < 4.78 is 10.7. The molecule has 0 bridgehead atoms. The Balaban J connectivity index is 1.95. The Bertz CT molecular complexity index is 441. The molecule has 0 radical (unpaired) electrons. The fourth-order valence-electron chi connectivity index (χ4n) is 2.20. The predicted octanol–water partition coefficient (Wildman–Crippen LogP) is 3.01. The molecule has 19 heavy (non-hydrogen) atoms. The summed E-state index contributed by atoms with van der Waals surface area (Å²) in [6.07, 6.45) is 4.79. The molecule has 4 heteroatoms. The largest absolute Gasteiger partial charge is 0.491 e. The number of ether oxygens (including phenoxy) is 2. The van der Waals surface area contributed by atoms with Crippen LogP contribution in [0.5, 0.6) is 5.75 Å². The van der Waals surface area contributed by atoms with E-state index in [1.165, 1.54) is 19.3 Å². The van der Waals surface area contributed by atoms with E-state index in [0.29, 0.717) is 30.2 Å². The number of para-hydroxylation sites is 1. The van der Waals surface area contributed by atoms with Crippen molar-refractivity contribution in [3.63, 3.8) is 0 Å². The second kappa shape index (κ2) is 6.45. The zero-order chi connectivity index (χ0) is 13.7. The molecular weight excluding hydrogens is 242 g/mol. The molecule has 0 amide bonds. The van der Waals surface area contributed by atoms with Gasteiger partial charge in [0.05, 0.1) is 18.9 Å². The minimum absolute atomic E-state index is 0.352. The first-order valence-corrected chi connectivity index (χ1v) is 6.90. The summed E-state index contributed by atoms with van der Waals surface area (Å²) in [7, 11) is 0. The third kappa shape index (κ3) is 3.40. The Hall–Kier alpha value is -1.71. The maximum absolute atomic E-state index is 12.0. The van der Waals surface area contributed by atoms with Crippen molar-refractivity contribution in [1.82, 2.24) is 0 Å². The van der Waals surface area contributed by atoms with E-state index in [0.717, 1.165) is 12.3 Å². The van der Waals surface area contributed by atoms with E-state index in [4.69, 9.17) is 15.2 Å². The van der Waals surface area contributed by atoms with Gasteiger partial charge in [-0.15, -0.1) is 0 Å². The molecular formula is C15H21NO3. The van der Waals surface area contributed by atoms with Gasteiger partial charge in [-0.2, -0.15) is 0 Å². The van der Waals surface area contributed by atoms with Gasteiger partial charge in [-0.3, -0.25) is 0 Å². The Morgan fingerprint density at radius 2 is 2.21 bits per heavy atom. The number of nitrogen functional groups attached to an aromatic ring is 1. The maximum atomic E-state index is 12.0. The lowest BCUT2D eigenvalue weighted by molar-refractivity contribution is 0.0460. The van der Waals surface area contributed by atoms with Gasteiger partial charge < -0.3 is 15.2 Å². The van der Waals surface area contributed by atoms with E-state index in [2.05, 4.69) is 0 Å². The molecule has 2 rings (SSSR count). The zero-order valence-electron chi connectivity index (χ0n) is 11.4. The monoisotopic (exact) mass is 263 g/mol. The van der Waals surface area contributed by atoms with Crippen LogP contribution in [0.4, 0.5) is 5.69 Å². The number of hydrogen-bond donors (Lipinski definition) is 1. The quantitative estimate of drug-likeness (QED) is 0.633. The highest BCUT2D eigenvalue weighted by Gasteiger charge is 2.19. The number of carbonyl (C=O) groups excluding carboxylic acids is 1. The van der Waals surface area contributed by atoms with Gasteiger partial charge in [0.2, 0.25) is 0 Å². The molecule has 104 valence electrons. The topological polar surface area (TPSA) is 61.5 Å². The van der Waals surface area contributed by atoms with Crippen LogP contribution in [0.2, 0.25) is 0 Å². The second-order valence-electron chi connectivity index (χ2n) is 4.88. The third-order valence-electron chi connectivity index (χ3n) is 3.54. The maximum Gasteiger partial charge on any atom is 0.342 e. The molecule has 1 fully saturated rings. The molecule has 0 heterocycles. The van der Waals surface area contributed by atoms with Gasteiger partial charge in [-0.1, -0.05) is 25.3 Å². The van der Waals surface area contributed by atoms with E-state index < -0.39 is 0 Å². The van der Waals surface area contributed by atoms with Crippen LogP contribution in [-0.4, -0.2) is 19.2 Å². The van der Waals surface area contributed by atoms with Gasteiger partial charge >= 0.3 is 5.97 Å². The SMILES string of the molecule is CCOc1c(N)cccc1C(=O)OCCC1CCC1. The van der Waals surface area contributed by atoms with Crippen molar-refractivity contribution in [3.05, 3.63) is 23.8 Å². The number of rotatable bonds is 6. The van der Waals surface area contributed by atoms with E-state index in [9.17, 15) is 4.79 Å². The second-order valence-corrected chi connectivity index (χ2v) is 4.88. The van der Waals surface area contributed by atoms with Crippen molar-refractivity contribution in [3.8, 4) is 5.75 Å². The van der Waals surface area contributed by atoms with E-state index in [1.54, 1.807) is 18.2 Å². The summed E-state index contributed by atoms with van der Waals surface area (Å²) in [5.74, 6) is 0.814. The number of benzene rings is 1. The number of nitrogens with two attached hydrogens (primary N) is 1. The summed E-state index contributed by atoms with van der Waals surface area (Å²) in [6.45, 7) is 2.80. The Kier molecular flexibility index (Phi) is 4.66. The lowest BCUT2D eigenvalue weighted by Gasteiger charge is -2.24. The lowest BCUT2D eigenvalue weighted by atomic mass is 9.83. The Labute approximate surface area is 113 Å². The molecule has 0 spiro atoms. The van der Waals surface area contributed by atoms with Crippen LogP contribution in [0.25, 0.3) is 0 Å². The molecule has 2 N–H and O–H groups in total. The van der Waals surface area contributed by atoms with Crippen LogP contribution in [0.3, 0.4) is 0 Å². The van der Waals surface area contributed by atoms with Gasteiger partial charge in [0, 0.05) is 0 Å². The van der Waals surface area contributed by atoms with Gasteiger partial charge in [-0.25, -0.2) is 4.79 Å². The average molecular weight is 263 g/mol. The molecule has 0 aliphatic heterocycles. The molecule has 0 aromatic heterocycles. The summed E-state index contributed by atoms with van der Waals surface area (Å²) in [5, 5.41) is 0.